The molecule has 0 aromatic carbocycles. The van der Waals surface area contributed by atoms with E-state index >= 15 is 0 Å². The average Bonchev–Trinajstić information content (AvgIpc) is 2.03. The molecule has 0 aliphatic rings. The first-order valence-electron chi connectivity index (χ1n) is 3.72. The zero-order valence-electron chi connectivity index (χ0n) is 7.45. The van der Waals surface area contributed by atoms with Crippen molar-refractivity contribution in [3.63, 3.8) is 0 Å². The van der Waals surface area contributed by atoms with E-state index < -0.39 is 0 Å². The van der Waals surface area contributed by atoms with E-state index in [1.165, 1.54) is 18.6 Å². The smallest absolute Gasteiger partial charge is 0.166 e. The van der Waals surface area contributed by atoms with Crippen LogP contribution >= 0.6 is 0 Å². The molecule has 0 amide bonds. The normalized spacial score (nSPS) is 11.6. The van der Waals surface area contributed by atoms with Crippen LogP contribution in [0, 0.1) is 5.92 Å². The molecule has 0 aliphatic heterocycles. The second-order valence-electron chi connectivity index (χ2n) is 2.66. The number of carbonyl (C=O) groups is 1. The molecule has 3 nitrogen and oxygen atoms in total. The van der Waals surface area contributed by atoms with E-state index in [1.54, 1.807) is 0 Å². The summed E-state index contributed by atoms with van der Waals surface area (Å²) in [4.78, 5) is 14.9. The Morgan fingerprint density at radius 3 is 2.58 bits per heavy atom. The van der Waals surface area contributed by atoms with Crippen LogP contribution in [0.15, 0.2) is 29.5 Å². The van der Waals surface area contributed by atoms with Crippen LogP contribution in [0.4, 0.5) is 0 Å². The number of nitrogens with two attached hydrogens (primary N) is 1. The fourth-order valence-corrected chi connectivity index (χ4v) is 0.617. The highest BCUT2D eigenvalue weighted by Crippen LogP contribution is 2.01. The summed E-state index contributed by atoms with van der Waals surface area (Å²) in [7, 11) is 0. The predicted molar refractivity (Wildman–Crippen MR) is 50.8 cm³/mol. The van der Waals surface area contributed by atoms with Gasteiger partial charge in [0, 0.05) is 30.1 Å². The van der Waals surface area contributed by atoms with E-state index in [4.69, 9.17) is 5.73 Å². The number of carbonyl (C=O) groups excluding carboxylic acids is 1. The van der Waals surface area contributed by atoms with Crippen LogP contribution in [0.25, 0.3) is 0 Å². The molecule has 0 heterocycles. The fraction of sp³-hybridized carbons (Fsp3) is 0.333. The average molecular weight is 166 g/mol. The van der Waals surface area contributed by atoms with Gasteiger partial charge in [0.05, 0.1) is 0 Å². The maximum atomic E-state index is 11.2. The number of ketones is 1. The Bertz CT molecular complexity index is 227. The highest BCUT2D eigenvalue weighted by atomic mass is 16.1. The highest BCUT2D eigenvalue weighted by molar-refractivity contribution is 6.13. The Morgan fingerprint density at radius 2 is 2.17 bits per heavy atom. The number of allylic oxidation sites excluding steroid dienone is 1. The summed E-state index contributed by atoms with van der Waals surface area (Å²) < 4.78 is 0. The molecule has 66 valence electrons. The van der Waals surface area contributed by atoms with Crippen molar-refractivity contribution in [1.82, 2.24) is 0 Å². The Morgan fingerprint density at radius 1 is 1.58 bits per heavy atom. The summed E-state index contributed by atoms with van der Waals surface area (Å²) >= 11 is 0. The van der Waals surface area contributed by atoms with Crippen molar-refractivity contribution < 1.29 is 4.79 Å². The van der Waals surface area contributed by atoms with Gasteiger partial charge in [-0.2, -0.15) is 0 Å². The molecule has 0 atom stereocenters. The Labute approximate surface area is 72.7 Å². The molecule has 0 saturated heterocycles. The molecule has 0 saturated carbocycles. The topological polar surface area (TPSA) is 55.4 Å². The first kappa shape index (κ1) is 10.6. The molecule has 0 aliphatic carbocycles. The highest BCUT2D eigenvalue weighted by Gasteiger charge is 2.08. The van der Waals surface area contributed by atoms with Crippen LogP contribution in [-0.2, 0) is 4.79 Å². The lowest BCUT2D eigenvalue weighted by atomic mass is 10.0. The molecule has 3 heteroatoms. The van der Waals surface area contributed by atoms with Gasteiger partial charge < -0.3 is 5.73 Å². The third kappa shape index (κ3) is 3.71. The van der Waals surface area contributed by atoms with Crippen molar-refractivity contribution in [2.45, 2.75) is 13.8 Å². The zero-order valence-corrected chi connectivity index (χ0v) is 7.45. The van der Waals surface area contributed by atoms with Gasteiger partial charge in [-0.25, -0.2) is 0 Å². The summed E-state index contributed by atoms with van der Waals surface area (Å²) in [5, 5.41) is 0. The van der Waals surface area contributed by atoms with Gasteiger partial charge in [0.15, 0.2) is 5.78 Å². The number of nitrogens with zero attached hydrogens (tertiary/aromatic N) is 1. The second kappa shape index (κ2) is 5.29. The third-order valence-electron chi connectivity index (χ3n) is 1.24. The summed E-state index contributed by atoms with van der Waals surface area (Å²) in [5.74, 6) is -0.0324. The summed E-state index contributed by atoms with van der Waals surface area (Å²) in [5.41, 5.74) is 5.45. The maximum Gasteiger partial charge on any atom is 0.166 e. The van der Waals surface area contributed by atoms with Gasteiger partial charge >= 0.3 is 0 Å². The van der Waals surface area contributed by atoms with Crippen LogP contribution in [0.2, 0.25) is 0 Å². The molecule has 0 spiro atoms. The molecule has 0 unspecified atom stereocenters. The molecule has 0 aromatic rings. The van der Waals surface area contributed by atoms with Crippen LogP contribution in [0.1, 0.15) is 13.8 Å². The first-order chi connectivity index (χ1) is 5.59. The van der Waals surface area contributed by atoms with E-state index in [9.17, 15) is 4.79 Å². The van der Waals surface area contributed by atoms with Crippen molar-refractivity contribution in [3.05, 3.63) is 24.6 Å². The van der Waals surface area contributed by atoms with Crippen LogP contribution in [0.5, 0.6) is 0 Å². The summed E-state index contributed by atoms with van der Waals surface area (Å²) in [6.07, 6.45) is 4.11. The van der Waals surface area contributed by atoms with Crippen LogP contribution in [-0.4, -0.2) is 12.0 Å². The lowest BCUT2D eigenvalue weighted by Crippen LogP contribution is -2.09. The minimum absolute atomic E-state index is 0.00386. The van der Waals surface area contributed by atoms with Gasteiger partial charge in [-0.15, -0.1) is 0 Å². The first-order valence-corrected chi connectivity index (χ1v) is 3.72. The third-order valence-corrected chi connectivity index (χ3v) is 1.24. The van der Waals surface area contributed by atoms with Crippen LogP contribution < -0.4 is 5.73 Å². The lowest BCUT2D eigenvalue weighted by molar-refractivity contribution is -0.117. The maximum absolute atomic E-state index is 11.2. The van der Waals surface area contributed by atoms with Crippen molar-refractivity contribution in [3.8, 4) is 0 Å². The minimum atomic E-state index is -0.0363. The van der Waals surface area contributed by atoms with E-state index in [0.29, 0.717) is 5.57 Å². The number of aliphatic imine (C=N–C) groups is 1. The van der Waals surface area contributed by atoms with Gasteiger partial charge in [0.25, 0.3) is 0 Å². The quantitative estimate of drug-likeness (QED) is 0.505. The van der Waals surface area contributed by atoms with Crippen molar-refractivity contribution in [1.29, 1.82) is 0 Å². The zero-order chi connectivity index (χ0) is 9.56. The van der Waals surface area contributed by atoms with Gasteiger partial charge in [0.2, 0.25) is 0 Å². The van der Waals surface area contributed by atoms with E-state index in [1.807, 2.05) is 13.8 Å². The second-order valence-corrected chi connectivity index (χ2v) is 2.66. The monoisotopic (exact) mass is 166 g/mol. The predicted octanol–water partition coefficient (Wildman–Crippen LogP) is 1.27. The number of rotatable bonds is 4. The van der Waals surface area contributed by atoms with Gasteiger partial charge in [-0.3, -0.25) is 9.79 Å². The Balaban J connectivity index is 4.14. The SMILES string of the molecule is C=C(/C=N\C=C/N)C(=O)C(C)C. The van der Waals surface area contributed by atoms with E-state index in [2.05, 4.69) is 11.6 Å². The van der Waals surface area contributed by atoms with Crippen molar-refractivity contribution in [2.75, 3.05) is 0 Å². The fourth-order valence-electron chi connectivity index (χ4n) is 0.617. The molecule has 12 heavy (non-hydrogen) atoms. The lowest BCUT2D eigenvalue weighted by Gasteiger charge is -2.00. The van der Waals surface area contributed by atoms with E-state index in [-0.39, 0.29) is 11.7 Å². The summed E-state index contributed by atoms with van der Waals surface area (Å²) in [6.45, 7) is 7.21. The minimum Gasteiger partial charge on any atom is -0.403 e. The number of hydrogen-bond donors (Lipinski definition) is 1. The Hall–Kier alpha value is -1.38. The molecule has 2 N–H and O–H groups in total. The standard InChI is InChI=1S/C9H14N2O/c1-7(2)9(12)8(3)6-11-5-4-10/h4-7H,3,10H2,1-2H3/b5-4-,11-6-. The summed E-state index contributed by atoms with van der Waals surface area (Å²) in [6, 6.07) is 0. The number of hydrogen-bond acceptors (Lipinski definition) is 3. The van der Waals surface area contributed by atoms with Crippen molar-refractivity contribution >= 4 is 12.0 Å². The molecular formula is C9H14N2O. The molecule has 0 aromatic heterocycles. The molecular weight excluding hydrogens is 152 g/mol. The van der Waals surface area contributed by atoms with E-state index in [0.717, 1.165) is 0 Å². The van der Waals surface area contributed by atoms with Gasteiger partial charge in [-0.1, -0.05) is 20.4 Å². The molecule has 0 bridgehead atoms. The van der Waals surface area contributed by atoms with Gasteiger partial charge in [-0.05, 0) is 0 Å². The largest absolute Gasteiger partial charge is 0.403 e. The molecule has 0 fully saturated rings. The number of Topliss-reactive ketones (excluding diaryl/α,β-unsaturated/α-hetero) is 1. The molecule has 0 radical (unpaired) electrons. The van der Waals surface area contributed by atoms with Crippen LogP contribution in [0.3, 0.4) is 0 Å². The van der Waals surface area contributed by atoms with Gasteiger partial charge in [0.1, 0.15) is 0 Å². The Kier molecular flexibility index (Phi) is 4.69. The van der Waals surface area contributed by atoms with Crippen molar-refractivity contribution in [2.24, 2.45) is 16.6 Å². The molecule has 0 rings (SSSR count).